The first kappa shape index (κ1) is 16.2. The van der Waals surface area contributed by atoms with Gasteiger partial charge in [-0.3, -0.25) is 10.1 Å². The number of hydrogen-bond acceptors (Lipinski definition) is 3. The number of nitrogens with one attached hydrogen (secondary N) is 1. The fourth-order valence-corrected chi connectivity index (χ4v) is 2.60. The van der Waals surface area contributed by atoms with Gasteiger partial charge >= 0.3 is 0 Å². The Bertz CT molecular complexity index is 424. The smallest absolute Gasteiger partial charge is 0.270 e. The minimum Gasteiger partial charge on any atom is -0.382 e. The summed E-state index contributed by atoms with van der Waals surface area (Å²) in [6.07, 6.45) is 6.18. The van der Waals surface area contributed by atoms with E-state index in [9.17, 15) is 10.1 Å². The molecule has 1 aromatic rings. The van der Waals surface area contributed by atoms with E-state index in [0.29, 0.717) is 6.04 Å². The van der Waals surface area contributed by atoms with Crippen LogP contribution >= 0.6 is 22.6 Å². The lowest BCUT2D eigenvalue weighted by atomic mass is 10.1. The second kappa shape index (κ2) is 8.35. The molecule has 0 bridgehead atoms. The summed E-state index contributed by atoms with van der Waals surface area (Å²) in [4.78, 5) is 10.3. The number of halogens is 1. The number of benzene rings is 1. The molecule has 106 valence electrons. The van der Waals surface area contributed by atoms with Crippen molar-refractivity contribution in [3.8, 4) is 0 Å². The molecule has 0 fully saturated rings. The summed E-state index contributed by atoms with van der Waals surface area (Å²) in [7, 11) is 0. The summed E-state index contributed by atoms with van der Waals surface area (Å²) in [5.41, 5.74) is 1.12. The first-order valence-electron chi connectivity index (χ1n) is 6.75. The van der Waals surface area contributed by atoms with Crippen LogP contribution in [-0.4, -0.2) is 11.0 Å². The Balaban J connectivity index is 2.50. The molecule has 0 amide bonds. The van der Waals surface area contributed by atoms with Gasteiger partial charge in [0.2, 0.25) is 0 Å². The van der Waals surface area contributed by atoms with Gasteiger partial charge in [-0.25, -0.2) is 0 Å². The molecule has 0 aliphatic heterocycles. The van der Waals surface area contributed by atoms with Gasteiger partial charge in [0.05, 0.1) is 4.92 Å². The molecule has 5 heteroatoms. The molecule has 0 aliphatic carbocycles. The van der Waals surface area contributed by atoms with Gasteiger partial charge < -0.3 is 5.32 Å². The largest absolute Gasteiger partial charge is 0.382 e. The molecule has 0 saturated carbocycles. The average molecular weight is 376 g/mol. The zero-order chi connectivity index (χ0) is 14.3. The fourth-order valence-electron chi connectivity index (χ4n) is 1.95. The molecule has 1 unspecified atom stereocenters. The molecule has 0 aliphatic rings. The van der Waals surface area contributed by atoms with Crippen molar-refractivity contribution < 1.29 is 4.92 Å². The standard InChI is InChI=1S/C14H21IN2O2/c1-3-4-5-6-7-11(2)16-14-9-8-12(17(18)19)10-13(14)15/h8-11,16H,3-7H2,1-2H3. The van der Waals surface area contributed by atoms with Gasteiger partial charge in [0.25, 0.3) is 5.69 Å². The normalized spacial score (nSPS) is 12.2. The number of unbranched alkanes of at least 4 members (excludes halogenated alkanes) is 3. The maximum atomic E-state index is 10.7. The Kier molecular flexibility index (Phi) is 7.12. The van der Waals surface area contributed by atoms with Gasteiger partial charge in [0.1, 0.15) is 0 Å². The van der Waals surface area contributed by atoms with Crippen molar-refractivity contribution in [1.82, 2.24) is 0 Å². The Morgan fingerprint density at radius 3 is 2.68 bits per heavy atom. The van der Waals surface area contributed by atoms with Crippen LogP contribution in [0.5, 0.6) is 0 Å². The molecule has 1 rings (SSSR count). The van der Waals surface area contributed by atoms with Gasteiger partial charge in [-0.15, -0.1) is 0 Å². The van der Waals surface area contributed by atoms with E-state index in [1.165, 1.54) is 25.7 Å². The highest BCUT2D eigenvalue weighted by Gasteiger charge is 2.10. The molecule has 1 atom stereocenters. The van der Waals surface area contributed by atoms with Crippen LogP contribution in [0.1, 0.15) is 46.0 Å². The first-order valence-corrected chi connectivity index (χ1v) is 7.83. The zero-order valence-corrected chi connectivity index (χ0v) is 13.6. The number of non-ortho nitro benzene ring substituents is 1. The third kappa shape index (κ3) is 5.76. The van der Waals surface area contributed by atoms with Gasteiger partial charge in [-0.2, -0.15) is 0 Å². The third-order valence-corrected chi connectivity index (χ3v) is 3.95. The van der Waals surface area contributed by atoms with E-state index < -0.39 is 0 Å². The minimum atomic E-state index is -0.361. The average Bonchev–Trinajstić information content (AvgIpc) is 2.37. The molecule has 0 heterocycles. The molecule has 0 spiro atoms. The monoisotopic (exact) mass is 376 g/mol. The second-order valence-electron chi connectivity index (χ2n) is 4.82. The van der Waals surface area contributed by atoms with Crippen LogP contribution in [-0.2, 0) is 0 Å². The highest BCUT2D eigenvalue weighted by molar-refractivity contribution is 14.1. The molecular weight excluding hydrogens is 355 g/mol. The number of anilines is 1. The van der Waals surface area contributed by atoms with Crippen LogP contribution in [0.15, 0.2) is 18.2 Å². The Labute approximate surface area is 128 Å². The van der Waals surface area contributed by atoms with E-state index in [2.05, 4.69) is 41.8 Å². The SMILES string of the molecule is CCCCCCC(C)Nc1ccc([N+](=O)[O-])cc1I. The Morgan fingerprint density at radius 2 is 2.11 bits per heavy atom. The summed E-state index contributed by atoms with van der Waals surface area (Å²) in [6, 6.07) is 5.34. The molecule has 1 N–H and O–H groups in total. The number of nitro benzene ring substituents is 1. The van der Waals surface area contributed by atoms with Crippen LogP contribution < -0.4 is 5.32 Å². The first-order chi connectivity index (χ1) is 9.04. The van der Waals surface area contributed by atoms with Crippen LogP contribution in [0.2, 0.25) is 0 Å². The molecular formula is C14H21IN2O2. The predicted molar refractivity (Wildman–Crippen MR) is 87.7 cm³/mol. The predicted octanol–water partition coefficient (Wildman–Crippen LogP) is 4.97. The maximum absolute atomic E-state index is 10.7. The zero-order valence-electron chi connectivity index (χ0n) is 11.5. The summed E-state index contributed by atoms with van der Waals surface area (Å²) in [5, 5.41) is 14.1. The third-order valence-electron chi connectivity index (χ3n) is 3.06. The van der Waals surface area contributed by atoms with Crippen LogP contribution in [0.25, 0.3) is 0 Å². The molecule has 0 radical (unpaired) electrons. The minimum absolute atomic E-state index is 0.144. The molecule has 19 heavy (non-hydrogen) atoms. The van der Waals surface area contributed by atoms with Gasteiger partial charge in [0.15, 0.2) is 0 Å². The van der Waals surface area contributed by atoms with Crippen LogP contribution in [0.4, 0.5) is 11.4 Å². The van der Waals surface area contributed by atoms with Crippen molar-refractivity contribution in [2.45, 2.75) is 52.0 Å². The van der Waals surface area contributed by atoms with Gasteiger partial charge in [0, 0.05) is 27.4 Å². The summed E-state index contributed by atoms with van der Waals surface area (Å²) < 4.78 is 0.896. The van der Waals surface area contributed by atoms with E-state index in [1.807, 2.05) is 0 Å². The van der Waals surface area contributed by atoms with Gasteiger partial charge in [-0.1, -0.05) is 32.6 Å². The van der Waals surface area contributed by atoms with Crippen LogP contribution in [0, 0.1) is 13.7 Å². The van der Waals surface area contributed by atoms with Crippen LogP contribution in [0.3, 0.4) is 0 Å². The van der Waals surface area contributed by atoms with Crippen molar-refractivity contribution >= 4 is 34.0 Å². The van der Waals surface area contributed by atoms with Gasteiger partial charge in [-0.05, 0) is 42.0 Å². The van der Waals surface area contributed by atoms with E-state index in [1.54, 1.807) is 18.2 Å². The molecule has 4 nitrogen and oxygen atoms in total. The lowest BCUT2D eigenvalue weighted by Gasteiger charge is -2.16. The fraction of sp³-hybridized carbons (Fsp3) is 0.571. The number of nitrogens with zero attached hydrogens (tertiary/aromatic N) is 1. The Morgan fingerprint density at radius 1 is 1.37 bits per heavy atom. The molecule has 0 saturated heterocycles. The maximum Gasteiger partial charge on any atom is 0.270 e. The van der Waals surface area contributed by atoms with E-state index in [0.717, 1.165) is 15.7 Å². The topological polar surface area (TPSA) is 55.2 Å². The highest BCUT2D eigenvalue weighted by atomic mass is 127. The van der Waals surface area contributed by atoms with E-state index in [-0.39, 0.29) is 10.6 Å². The Hall–Kier alpha value is -0.850. The summed E-state index contributed by atoms with van der Waals surface area (Å²) >= 11 is 2.14. The lowest BCUT2D eigenvalue weighted by Crippen LogP contribution is -2.15. The van der Waals surface area contributed by atoms with E-state index >= 15 is 0 Å². The highest BCUT2D eigenvalue weighted by Crippen LogP contribution is 2.24. The molecule has 1 aromatic carbocycles. The van der Waals surface area contributed by atoms with Crippen molar-refractivity contribution in [1.29, 1.82) is 0 Å². The number of nitro groups is 1. The molecule has 0 aromatic heterocycles. The number of hydrogen-bond donors (Lipinski definition) is 1. The quantitative estimate of drug-likeness (QED) is 0.302. The second-order valence-corrected chi connectivity index (χ2v) is 5.98. The van der Waals surface area contributed by atoms with Crippen molar-refractivity contribution in [3.63, 3.8) is 0 Å². The van der Waals surface area contributed by atoms with Crippen molar-refractivity contribution in [3.05, 3.63) is 31.9 Å². The number of rotatable bonds is 8. The van der Waals surface area contributed by atoms with Crippen molar-refractivity contribution in [2.24, 2.45) is 0 Å². The summed E-state index contributed by atoms with van der Waals surface area (Å²) in [5.74, 6) is 0. The lowest BCUT2D eigenvalue weighted by molar-refractivity contribution is -0.384. The van der Waals surface area contributed by atoms with E-state index in [4.69, 9.17) is 0 Å². The van der Waals surface area contributed by atoms with Crippen molar-refractivity contribution in [2.75, 3.05) is 5.32 Å². The summed E-state index contributed by atoms with van der Waals surface area (Å²) in [6.45, 7) is 4.37.